The van der Waals surface area contributed by atoms with Gasteiger partial charge in [-0.05, 0) is 36.3 Å². The second kappa shape index (κ2) is 5.43. The normalized spacial score (nSPS) is 15.8. The molecule has 2 N–H and O–H groups in total. The molecule has 2 rings (SSSR count). The molecule has 0 aliphatic heterocycles. The number of hydrogen-bond donors (Lipinski definition) is 2. The van der Waals surface area contributed by atoms with Gasteiger partial charge in [0.1, 0.15) is 0 Å². The lowest BCUT2D eigenvalue weighted by atomic mass is 10.0. The van der Waals surface area contributed by atoms with E-state index in [1.165, 1.54) is 12.8 Å². The van der Waals surface area contributed by atoms with E-state index in [0.717, 1.165) is 6.42 Å². The number of benzene rings is 1. The van der Waals surface area contributed by atoms with Crippen molar-refractivity contribution in [2.45, 2.75) is 32.6 Å². The van der Waals surface area contributed by atoms with E-state index < -0.39 is 5.97 Å². The third kappa shape index (κ3) is 3.34. The summed E-state index contributed by atoms with van der Waals surface area (Å²) < 4.78 is 0. The molecule has 0 aromatic heterocycles. The Morgan fingerprint density at radius 3 is 2.58 bits per heavy atom. The number of carboxylic acid groups (broad SMARTS) is 1. The summed E-state index contributed by atoms with van der Waals surface area (Å²) in [6, 6.07) is 6.88. The molecule has 4 nitrogen and oxygen atoms in total. The van der Waals surface area contributed by atoms with Crippen molar-refractivity contribution < 1.29 is 14.7 Å². The Kier molecular flexibility index (Phi) is 3.88. The standard InChI is InChI=1S/C15H19NO3/c1-2-15(7-8-15)10-16-14(19)12-6-4-3-5-11(12)9-13(17)18/h3-6H,2,7-10H2,1H3,(H,16,19)(H,17,18). The Balaban J connectivity index is 2.04. The van der Waals surface area contributed by atoms with Crippen LogP contribution in [0, 0.1) is 5.41 Å². The summed E-state index contributed by atoms with van der Waals surface area (Å²) in [5.74, 6) is -1.09. The fourth-order valence-corrected chi connectivity index (χ4v) is 2.25. The third-order valence-corrected chi connectivity index (χ3v) is 3.93. The van der Waals surface area contributed by atoms with Gasteiger partial charge in [-0.3, -0.25) is 9.59 Å². The SMILES string of the molecule is CCC1(CNC(=O)c2ccccc2CC(=O)O)CC1. The van der Waals surface area contributed by atoms with Gasteiger partial charge in [0, 0.05) is 12.1 Å². The van der Waals surface area contributed by atoms with Gasteiger partial charge in [-0.25, -0.2) is 0 Å². The van der Waals surface area contributed by atoms with Gasteiger partial charge in [-0.15, -0.1) is 0 Å². The van der Waals surface area contributed by atoms with Crippen LogP contribution in [0.3, 0.4) is 0 Å². The average molecular weight is 261 g/mol. The molecule has 0 unspecified atom stereocenters. The van der Waals surface area contributed by atoms with Crippen molar-refractivity contribution in [2.24, 2.45) is 5.41 Å². The Labute approximate surface area is 112 Å². The quantitative estimate of drug-likeness (QED) is 0.825. The molecule has 4 heteroatoms. The molecule has 0 bridgehead atoms. The van der Waals surface area contributed by atoms with Gasteiger partial charge >= 0.3 is 5.97 Å². The van der Waals surface area contributed by atoms with Crippen LogP contribution >= 0.6 is 0 Å². The van der Waals surface area contributed by atoms with Gasteiger partial charge in [-0.2, -0.15) is 0 Å². The van der Waals surface area contributed by atoms with Gasteiger partial charge in [-0.1, -0.05) is 25.1 Å². The van der Waals surface area contributed by atoms with E-state index in [-0.39, 0.29) is 17.7 Å². The van der Waals surface area contributed by atoms with E-state index in [9.17, 15) is 9.59 Å². The maximum atomic E-state index is 12.1. The first-order valence-corrected chi connectivity index (χ1v) is 6.64. The van der Waals surface area contributed by atoms with Crippen molar-refractivity contribution in [1.82, 2.24) is 5.32 Å². The van der Waals surface area contributed by atoms with E-state index in [2.05, 4.69) is 12.2 Å². The molecule has 1 aromatic carbocycles. The van der Waals surface area contributed by atoms with Crippen molar-refractivity contribution in [3.8, 4) is 0 Å². The molecule has 19 heavy (non-hydrogen) atoms. The summed E-state index contributed by atoms with van der Waals surface area (Å²) in [5, 5.41) is 11.8. The minimum atomic E-state index is -0.924. The highest BCUT2D eigenvalue weighted by molar-refractivity contribution is 5.96. The molecule has 0 spiro atoms. The number of hydrogen-bond acceptors (Lipinski definition) is 2. The molecule has 1 aromatic rings. The first-order valence-electron chi connectivity index (χ1n) is 6.64. The predicted molar refractivity (Wildman–Crippen MR) is 72.1 cm³/mol. The number of aliphatic carboxylic acids is 1. The lowest BCUT2D eigenvalue weighted by Gasteiger charge is -2.14. The summed E-state index contributed by atoms with van der Waals surface area (Å²) >= 11 is 0. The van der Waals surface area contributed by atoms with Crippen LogP contribution in [-0.4, -0.2) is 23.5 Å². The monoisotopic (exact) mass is 261 g/mol. The number of nitrogens with one attached hydrogen (secondary N) is 1. The molecule has 0 heterocycles. The average Bonchev–Trinajstić information content (AvgIpc) is 3.17. The van der Waals surface area contributed by atoms with Crippen molar-refractivity contribution in [3.05, 3.63) is 35.4 Å². The molecule has 1 fully saturated rings. The van der Waals surface area contributed by atoms with Gasteiger partial charge in [0.2, 0.25) is 0 Å². The van der Waals surface area contributed by atoms with E-state index in [1.807, 2.05) is 0 Å². The first kappa shape index (κ1) is 13.6. The van der Waals surface area contributed by atoms with Gasteiger partial charge in [0.25, 0.3) is 5.91 Å². The molecule has 1 aliphatic rings. The second-order valence-electron chi connectivity index (χ2n) is 5.26. The van der Waals surface area contributed by atoms with Gasteiger partial charge < -0.3 is 10.4 Å². The highest BCUT2D eigenvalue weighted by Gasteiger charge is 2.40. The summed E-state index contributed by atoms with van der Waals surface area (Å²) in [6.45, 7) is 2.82. The van der Waals surface area contributed by atoms with Crippen LogP contribution < -0.4 is 5.32 Å². The minimum absolute atomic E-state index is 0.123. The van der Waals surface area contributed by atoms with E-state index in [1.54, 1.807) is 24.3 Å². The van der Waals surface area contributed by atoms with Crippen LogP contribution in [0.5, 0.6) is 0 Å². The lowest BCUT2D eigenvalue weighted by Crippen LogP contribution is -2.30. The highest BCUT2D eigenvalue weighted by Crippen LogP contribution is 2.47. The second-order valence-corrected chi connectivity index (χ2v) is 5.26. The number of carboxylic acids is 1. The molecular formula is C15H19NO3. The largest absolute Gasteiger partial charge is 0.481 e. The number of rotatable bonds is 6. The molecule has 0 radical (unpaired) electrons. The molecule has 1 amide bonds. The number of carbonyl (C=O) groups excluding carboxylic acids is 1. The zero-order valence-electron chi connectivity index (χ0n) is 11.1. The summed E-state index contributed by atoms with van der Waals surface area (Å²) in [4.78, 5) is 22.9. The summed E-state index contributed by atoms with van der Waals surface area (Å²) in [6.07, 6.45) is 3.29. The fraction of sp³-hybridized carbons (Fsp3) is 0.467. The van der Waals surface area contributed by atoms with Gasteiger partial charge in [0.05, 0.1) is 6.42 Å². The molecule has 1 saturated carbocycles. The molecule has 0 atom stereocenters. The van der Waals surface area contributed by atoms with Crippen molar-refractivity contribution in [2.75, 3.05) is 6.54 Å². The van der Waals surface area contributed by atoms with Crippen LogP contribution in [0.2, 0.25) is 0 Å². The van der Waals surface area contributed by atoms with Crippen LogP contribution in [0.4, 0.5) is 0 Å². The van der Waals surface area contributed by atoms with Gasteiger partial charge in [0.15, 0.2) is 0 Å². The molecule has 102 valence electrons. The third-order valence-electron chi connectivity index (χ3n) is 3.93. The van der Waals surface area contributed by atoms with Crippen LogP contribution in [-0.2, 0) is 11.2 Å². The highest BCUT2D eigenvalue weighted by atomic mass is 16.4. The Morgan fingerprint density at radius 2 is 2.00 bits per heavy atom. The van der Waals surface area contributed by atoms with Crippen molar-refractivity contribution in [1.29, 1.82) is 0 Å². The predicted octanol–water partition coefficient (Wildman–Crippen LogP) is 2.23. The molecule has 0 saturated heterocycles. The van der Waals surface area contributed by atoms with E-state index in [0.29, 0.717) is 17.7 Å². The zero-order chi connectivity index (χ0) is 13.9. The fourth-order valence-electron chi connectivity index (χ4n) is 2.25. The Morgan fingerprint density at radius 1 is 1.32 bits per heavy atom. The molecular weight excluding hydrogens is 242 g/mol. The van der Waals surface area contributed by atoms with E-state index >= 15 is 0 Å². The van der Waals surface area contributed by atoms with Crippen molar-refractivity contribution >= 4 is 11.9 Å². The Bertz CT molecular complexity index is 492. The maximum Gasteiger partial charge on any atom is 0.307 e. The van der Waals surface area contributed by atoms with Crippen LogP contribution in [0.25, 0.3) is 0 Å². The number of carbonyl (C=O) groups is 2. The molecule has 1 aliphatic carbocycles. The van der Waals surface area contributed by atoms with Crippen LogP contribution in [0.1, 0.15) is 42.1 Å². The zero-order valence-corrected chi connectivity index (χ0v) is 11.1. The van der Waals surface area contributed by atoms with Crippen molar-refractivity contribution in [3.63, 3.8) is 0 Å². The maximum absolute atomic E-state index is 12.1. The first-order chi connectivity index (χ1) is 9.06. The lowest BCUT2D eigenvalue weighted by molar-refractivity contribution is -0.136. The summed E-state index contributed by atoms with van der Waals surface area (Å²) in [7, 11) is 0. The topological polar surface area (TPSA) is 66.4 Å². The van der Waals surface area contributed by atoms with E-state index in [4.69, 9.17) is 5.11 Å². The minimum Gasteiger partial charge on any atom is -0.481 e. The number of amides is 1. The summed E-state index contributed by atoms with van der Waals surface area (Å²) in [5.41, 5.74) is 1.32. The Hall–Kier alpha value is -1.84. The van der Waals surface area contributed by atoms with Crippen LogP contribution in [0.15, 0.2) is 24.3 Å². The smallest absolute Gasteiger partial charge is 0.307 e.